The van der Waals surface area contributed by atoms with E-state index in [1.54, 1.807) is 10.7 Å². The summed E-state index contributed by atoms with van der Waals surface area (Å²) in [5, 5.41) is 4.19. The molecule has 0 aromatic carbocycles. The van der Waals surface area contributed by atoms with Crippen LogP contribution in [0.1, 0.15) is 43.2 Å². The lowest BCUT2D eigenvalue weighted by atomic mass is 10.1. The monoisotopic (exact) mass is 235 g/mol. The molecule has 1 saturated heterocycles. The molecule has 5 heteroatoms. The Morgan fingerprint density at radius 3 is 2.65 bits per heavy atom. The van der Waals surface area contributed by atoms with Crippen molar-refractivity contribution in [3.8, 4) is 0 Å². The van der Waals surface area contributed by atoms with Crippen molar-refractivity contribution in [3.05, 3.63) is 22.0 Å². The largest absolute Gasteiger partial charge is 0.382 e. The van der Waals surface area contributed by atoms with E-state index in [4.69, 9.17) is 10.5 Å². The number of nitrogen functional groups attached to an aromatic ring is 1. The number of ether oxygens (including phenoxy) is 1. The second-order valence-corrected chi connectivity index (χ2v) is 4.89. The molecule has 1 saturated carbocycles. The number of anilines is 1. The van der Waals surface area contributed by atoms with E-state index in [9.17, 15) is 4.79 Å². The van der Waals surface area contributed by atoms with E-state index in [2.05, 4.69) is 5.10 Å². The highest BCUT2D eigenvalue weighted by atomic mass is 16.5. The van der Waals surface area contributed by atoms with Crippen LogP contribution >= 0.6 is 0 Å². The molecule has 1 aromatic rings. The van der Waals surface area contributed by atoms with Gasteiger partial charge in [-0.05, 0) is 37.7 Å². The van der Waals surface area contributed by atoms with Gasteiger partial charge in [0.25, 0.3) is 5.56 Å². The highest BCUT2D eigenvalue weighted by Crippen LogP contribution is 2.38. The van der Waals surface area contributed by atoms with Crippen molar-refractivity contribution in [2.45, 2.75) is 37.6 Å². The fraction of sp³-hybridized carbons (Fsp3) is 0.667. The molecule has 2 N–H and O–H groups in total. The molecule has 1 aromatic heterocycles. The Kier molecular flexibility index (Phi) is 2.63. The molecule has 1 aliphatic carbocycles. The Morgan fingerprint density at radius 1 is 1.29 bits per heavy atom. The van der Waals surface area contributed by atoms with E-state index in [1.165, 1.54) is 0 Å². The summed E-state index contributed by atoms with van der Waals surface area (Å²) in [5.74, 6) is 0.872. The molecule has 1 aliphatic heterocycles. The van der Waals surface area contributed by atoms with Gasteiger partial charge in [0.1, 0.15) is 5.82 Å². The van der Waals surface area contributed by atoms with Crippen molar-refractivity contribution in [3.63, 3.8) is 0 Å². The van der Waals surface area contributed by atoms with Gasteiger partial charge in [-0.25, -0.2) is 4.68 Å². The summed E-state index contributed by atoms with van der Waals surface area (Å²) in [6.07, 6.45) is 3.90. The van der Waals surface area contributed by atoms with Gasteiger partial charge >= 0.3 is 0 Å². The van der Waals surface area contributed by atoms with Crippen LogP contribution in [0.25, 0.3) is 0 Å². The van der Waals surface area contributed by atoms with Crippen molar-refractivity contribution < 1.29 is 4.74 Å². The van der Waals surface area contributed by atoms with Gasteiger partial charge in [-0.2, -0.15) is 5.10 Å². The summed E-state index contributed by atoms with van der Waals surface area (Å²) in [4.78, 5) is 12.3. The molecular weight excluding hydrogens is 218 g/mol. The van der Waals surface area contributed by atoms with Crippen LogP contribution < -0.4 is 11.3 Å². The second kappa shape index (κ2) is 4.14. The number of hydrogen-bond acceptors (Lipinski definition) is 4. The first-order chi connectivity index (χ1) is 8.25. The van der Waals surface area contributed by atoms with Crippen molar-refractivity contribution in [2.24, 2.45) is 0 Å². The molecular formula is C12H17N3O2. The average Bonchev–Trinajstić information content (AvgIpc) is 3.17. The van der Waals surface area contributed by atoms with Crippen LogP contribution in [-0.2, 0) is 4.74 Å². The summed E-state index contributed by atoms with van der Waals surface area (Å²) in [6, 6.07) is 1.90. The first-order valence-corrected chi connectivity index (χ1v) is 6.22. The third-order valence-corrected chi connectivity index (χ3v) is 3.54. The van der Waals surface area contributed by atoms with E-state index >= 15 is 0 Å². The van der Waals surface area contributed by atoms with Gasteiger partial charge in [-0.3, -0.25) is 4.79 Å². The highest BCUT2D eigenvalue weighted by Gasteiger charge is 2.29. The molecule has 2 heterocycles. The van der Waals surface area contributed by atoms with Crippen molar-refractivity contribution in [1.82, 2.24) is 9.78 Å². The van der Waals surface area contributed by atoms with Gasteiger partial charge in [0.2, 0.25) is 0 Å². The number of rotatable bonds is 2. The van der Waals surface area contributed by atoms with Crippen molar-refractivity contribution >= 4 is 5.82 Å². The minimum atomic E-state index is 0.0496. The Bertz CT molecular complexity index is 473. The van der Waals surface area contributed by atoms with Crippen molar-refractivity contribution in [2.75, 3.05) is 18.9 Å². The standard InChI is InChI=1S/C12H17N3O2/c13-11-7-10(8-1-2-8)12(16)15(14-11)9-3-5-17-6-4-9/h7-9H,1-6H2,(H2,13,14). The first-order valence-electron chi connectivity index (χ1n) is 6.22. The molecule has 0 bridgehead atoms. The van der Waals surface area contributed by atoms with E-state index < -0.39 is 0 Å². The number of aromatic nitrogens is 2. The van der Waals surface area contributed by atoms with Gasteiger partial charge in [-0.15, -0.1) is 0 Å². The zero-order chi connectivity index (χ0) is 11.8. The summed E-state index contributed by atoms with van der Waals surface area (Å²) in [7, 11) is 0. The lowest BCUT2D eigenvalue weighted by Crippen LogP contribution is -2.33. The SMILES string of the molecule is Nc1cc(C2CC2)c(=O)n(C2CCOCC2)n1. The van der Waals surface area contributed by atoms with Crippen molar-refractivity contribution in [1.29, 1.82) is 0 Å². The number of nitrogens with two attached hydrogens (primary N) is 1. The molecule has 5 nitrogen and oxygen atoms in total. The molecule has 2 aliphatic rings. The normalized spacial score (nSPS) is 21.6. The predicted molar refractivity (Wildman–Crippen MR) is 64.0 cm³/mol. The van der Waals surface area contributed by atoms with Crippen LogP contribution in [0.3, 0.4) is 0 Å². The minimum Gasteiger partial charge on any atom is -0.382 e. The van der Waals surface area contributed by atoms with Gasteiger partial charge in [0.15, 0.2) is 0 Å². The van der Waals surface area contributed by atoms with Crippen LogP contribution in [0.5, 0.6) is 0 Å². The van der Waals surface area contributed by atoms with Crippen LogP contribution in [0, 0.1) is 0 Å². The average molecular weight is 235 g/mol. The van der Waals surface area contributed by atoms with E-state index in [1.807, 2.05) is 0 Å². The molecule has 0 atom stereocenters. The topological polar surface area (TPSA) is 70.1 Å². The van der Waals surface area contributed by atoms with Crippen LogP contribution in [0.4, 0.5) is 5.82 Å². The fourth-order valence-corrected chi connectivity index (χ4v) is 2.42. The Balaban J connectivity index is 1.99. The van der Waals surface area contributed by atoms with E-state index in [0.29, 0.717) is 24.9 Å². The lowest BCUT2D eigenvalue weighted by Gasteiger charge is -2.23. The molecule has 3 rings (SSSR count). The lowest BCUT2D eigenvalue weighted by molar-refractivity contribution is 0.0648. The molecule has 17 heavy (non-hydrogen) atoms. The third-order valence-electron chi connectivity index (χ3n) is 3.54. The minimum absolute atomic E-state index is 0.0496. The summed E-state index contributed by atoms with van der Waals surface area (Å²) in [6.45, 7) is 1.40. The predicted octanol–water partition coefficient (Wildman–Crippen LogP) is 1.05. The Hall–Kier alpha value is -1.36. The molecule has 0 radical (unpaired) electrons. The summed E-state index contributed by atoms with van der Waals surface area (Å²) in [5.41, 5.74) is 6.70. The third kappa shape index (κ3) is 2.07. The molecule has 0 unspecified atom stereocenters. The van der Waals surface area contributed by atoms with Gasteiger partial charge in [0, 0.05) is 18.8 Å². The van der Waals surface area contributed by atoms with Gasteiger partial charge in [-0.1, -0.05) is 0 Å². The molecule has 2 fully saturated rings. The van der Waals surface area contributed by atoms with E-state index in [-0.39, 0.29) is 11.6 Å². The molecule has 0 amide bonds. The maximum absolute atomic E-state index is 12.3. The van der Waals surface area contributed by atoms with Gasteiger partial charge < -0.3 is 10.5 Å². The summed E-state index contributed by atoms with van der Waals surface area (Å²) >= 11 is 0. The zero-order valence-electron chi connectivity index (χ0n) is 9.76. The van der Waals surface area contributed by atoms with E-state index in [0.717, 1.165) is 31.2 Å². The Morgan fingerprint density at radius 2 is 2.00 bits per heavy atom. The van der Waals surface area contributed by atoms with Crippen LogP contribution in [-0.4, -0.2) is 23.0 Å². The maximum atomic E-state index is 12.3. The number of nitrogens with zero attached hydrogens (tertiary/aromatic N) is 2. The Labute approximate surface area is 99.6 Å². The zero-order valence-corrected chi connectivity index (χ0v) is 9.76. The number of hydrogen-bond donors (Lipinski definition) is 1. The highest BCUT2D eigenvalue weighted by molar-refractivity contribution is 5.33. The second-order valence-electron chi connectivity index (χ2n) is 4.89. The summed E-state index contributed by atoms with van der Waals surface area (Å²) < 4.78 is 6.90. The fourth-order valence-electron chi connectivity index (χ4n) is 2.42. The molecule has 0 spiro atoms. The quantitative estimate of drug-likeness (QED) is 0.832. The van der Waals surface area contributed by atoms with Crippen LogP contribution in [0.2, 0.25) is 0 Å². The maximum Gasteiger partial charge on any atom is 0.270 e. The van der Waals surface area contributed by atoms with Gasteiger partial charge in [0.05, 0.1) is 6.04 Å². The smallest absolute Gasteiger partial charge is 0.270 e. The molecule has 92 valence electrons. The first kappa shape index (κ1) is 10.8. The van der Waals surface area contributed by atoms with Crippen LogP contribution in [0.15, 0.2) is 10.9 Å².